The molecule has 41 heavy (non-hydrogen) atoms. The van der Waals surface area contributed by atoms with E-state index in [0.29, 0.717) is 16.3 Å². The Labute approximate surface area is 247 Å². The van der Waals surface area contributed by atoms with Crippen LogP contribution in [0.2, 0.25) is 5.02 Å². The van der Waals surface area contributed by atoms with E-state index < -0.39 is 21.9 Å². The molecule has 0 spiro atoms. The fourth-order valence-electron chi connectivity index (χ4n) is 4.59. The highest BCUT2D eigenvalue weighted by molar-refractivity contribution is 7.92. The molecule has 0 radical (unpaired) electrons. The molecule has 0 bridgehead atoms. The summed E-state index contributed by atoms with van der Waals surface area (Å²) in [7, 11) is -3.68. The molecule has 3 aromatic rings. The van der Waals surface area contributed by atoms with Crippen LogP contribution in [-0.4, -0.2) is 50.0 Å². The van der Waals surface area contributed by atoms with Crippen molar-refractivity contribution < 1.29 is 22.4 Å². The Morgan fingerprint density at radius 1 is 0.976 bits per heavy atom. The van der Waals surface area contributed by atoms with Gasteiger partial charge < -0.3 is 10.2 Å². The van der Waals surface area contributed by atoms with Crippen LogP contribution in [0, 0.1) is 12.7 Å². The highest BCUT2D eigenvalue weighted by Gasteiger charge is 2.31. The number of benzene rings is 3. The molecule has 10 heteroatoms. The maximum atomic E-state index is 14.7. The van der Waals surface area contributed by atoms with Crippen LogP contribution in [0.15, 0.2) is 72.8 Å². The first-order valence-electron chi connectivity index (χ1n) is 13.5. The SMILES string of the molecule is Cc1c(Cl)cccc1N(CCCC(=O)N(Cc1ccccc1F)C(Cc1ccccc1)C(=O)NC(C)C)S(C)(=O)=O. The zero-order valence-corrected chi connectivity index (χ0v) is 25.4. The van der Waals surface area contributed by atoms with E-state index >= 15 is 0 Å². The van der Waals surface area contributed by atoms with E-state index in [1.807, 2.05) is 44.2 Å². The molecule has 1 unspecified atom stereocenters. The highest BCUT2D eigenvalue weighted by Crippen LogP contribution is 2.28. The zero-order chi connectivity index (χ0) is 30.2. The summed E-state index contributed by atoms with van der Waals surface area (Å²) in [5.74, 6) is -1.21. The molecular formula is C31H37ClFN3O4S. The topological polar surface area (TPSA) is 86.8 Å². The Bertz CT molecular complexity index is 1450. The molecule has 3 rings (SSSR count). The second kappa shape index (κ2) is 14.5. The van der Waals surface area contributed by atoms with Gasteiger partial charge >= 0.3 is 0 Å². The van der Waals surface area contributed by atoms with Crippen molar-refractivity contribution in [2.75, 3.05) is 17.1 Å². The van der Waals surface area contributed by atoms with Crippen LogP contribution in [0.1, 0.15) is 43.4 Å². The van der Waals surface area contributed by atoms with E-state index in [1.165, 1.54) is 15.3 Å². The Hall–Kier alpha value is -3.43. The van der Waals surface area contributed by atoms with Crippen LogP contribution in [0.3, 0.4) is 0 Å². The molecule has 0 heterocycles. The number of sulfonamides is 1. The first-order valence-corrected chi connectivity index (χ1v) is 15.7. The molecule has 3 aromatic carbocycles. The molecule has 0 aliphatic rings. The molecule has 0 aromatic heterocycles. The highest BCUT2D eigenvalue weighted by atomic mass is 35.5. The number of carbonyl (C=O) groups is 2. The molecule has 0 fully saturated rings. The lowest BCUT2D eigenvalue weighted by molar-refractivity contribution is -0.141. The summed E-state index contributed by atoms with van der Waals surface area (Å²) in [5, 5.41) is 3.33. The summed E-state index contributed by atoms with van der Waals surface area (Å²) in [5.41, 5.74) is 2.18. The third-order valence-electron chi connectivity index (χ3n) is 6.66. The van der Waals surface area contributed by atoms with Crippen molar-refractivity contribution in [1.29, 1.82) is 0 Å². The minimum absolute atomic E-state index is 0.0286. The third-order valence-corrected chi connectivity index (χ3v) is 8.25. The predicted octanol–water partition coefficient (Wildman–Crippen LogP) is 5.50. The van der Waals surface area contributed by atoms with Crippen molar-refractivity contribution in [3.8, 4) is 0 Å². The van der Waals surface area contributed by atoms with Crippen molar-refractivity contribution in [1.82, 2.24) is 10.2 Å². The number of hydrogen-bond donors (Lipinski definition) is 1. The summed E-state index contributed by atoms with van der Waals surface area (Å²) < 4.78 is 41.3. The van der Waals surface area contributed by atoms with Crippen LogP contribution < -0.4 is 9.62 Å². The standard InChI is InChI=1S/C31H37ClFN3O4S/c1-22(2)34-31(38)29(20-24-12-6-5-7-13-24)35(21-25-14-8-9-16-27(25)33)30(37)18-11-19-36(41(4,39)40)28-17-10-15-26(32)23(28)3/h5-10,12-17,22,29H,11,18-21H2,1-4H3,(H,34,38). The maximum Gasteiger partial charge on any atom is 0.243 e. The molecule has 0 aliphatic heterocycles. The van der Waals surface area contributed by atoms with E-state index in [4.69, 9.17) is 11.6 Å². The van der Waals surface area contributed by atoms with Gasteiger partial charge in [-0.25, -0.2) is 12.8 Å². The van der Waals surface area contributed by atoms with E-state index in [-0.39, 0.29) is 55.8 Å². The monoisotopic (exact) mass is 601 g/mol. The number of rotatable bonds is 13. The number of nitrogens with zero attached hydrogens (tertiary/aromatic N) is 2. The number of anilines is 1. The van der Waals surface area contributed by atoms with Gasteiger partial charge in [-0.15, -0.1) is 0 Å². The van der Waals surface area contributed by atoms with Gasteiger partial charge in [-0.05, 0) is 56.5 Å². The first kappa shape index (κ1) is 32.1. The Morgan fingerprint density at radius 3 is 2.27 bits per heavy atom. The second-order valence-electron chi connectivity index (χ2n) is 10.3. The van der Waals surface area contributed by atoms with Gasteiger partial charge in [-0.3, -0.25) is 13.9 Å². The Kier molecular flexibility index (Phi) is 11.3. The minimum Gasteiger partial charge on any atom is -0.352 e. The Balaban J connectivity index is 1.91. The third kappa shape index (κ3) is 9.03. The molecule has 1 N–H and O–H groups in total. The van der Waals surface area contributed by atoms with Crippen molar-refractivity contribution in [3.63, 3.8) is 0 Å². The maximum absolute atomic E-state index is 14.7. The average molecular weight is 602 g/mol. The van der Waals surface area contributed by atoms with Gasteiger partial charge in [0.05, 0.1) is 11.9 Å². The number of hydrogen-bond acceptors (Lipinski definition) is 4. The number of carbonyl (C=O) groups excluding carboxylic acids is 2. The zero-order valence-electron chi connectivity index (χ0n) is 23.8. The average Bonchev–Trinajstić information content (AvgIpc) is 2.91. The van der Waals surface area contributed by atoms with Crippen LogP contribution in [0.5, 0.6) is 0 Å². The Morgan fingerprint density at radius 2 is 1.63 bits per heavy atom. The van der Waals surface area contributed by atoms with Crippen molar-refractivity contribution in [2.45, 2.75) is 58.7 Å². The second-order valence-corrected chi connectivity index (χ2v) is 12.6. The van der Waals surface area contributed by atoms with Gasteiger partial charge in [-0.2, -0.15) is 0 Å². The smallest absolute Gasteiger partial charge is 0.243 e. The van der Waals surface area contributed by atoms with Gasteiger partial charge in [0.2, 0.25) is 21.8 Å². The van der Waals surface area contributed by atoms with Crippen LogP contribution in [-0.2, 0) is 32.6 Å². The quantitative estimate of drug-likeness (QED) is 0.280. The van der Waals surface area contributed by atoms with Crippen LogP contribution in [0.25, 0.3) is 0 Å². The van der Waals surface area contributed by atoms with Gasteiger partial charge in [0.1, 0.15) is 11.9 Å². The van der Waals surface area contributed by atoms with E-state index in [1.54, 1.807) is 43.3 Å². The molecule has 0 aliphatic carbocycles. The fraction of sp³-hybridized carbons (Fsp3) is 0.355. The van der Waals surface area contributed by atoms with Gasteiger partial charge in [-0.1, -0.05) is 66.2 Å². The summed E-state index contributed by atoms with van der Waals surface area (Å²) >= 11 is 6.24. The van der Waals surface area contributed by atoms with Gasteiger partial charge in [0, 0.05) is 42.6 Å². The molecular weight excluding hydrogens is 565 g/mol. The molecule has 220 valence electrons. The fourth-order valence-corrected chi connectivity index (χ4v) is 5.78. The predicted molar refractivity (Wildman–Crippen MR) is 162 cm³/mol. The van der Waals surface area contributed by atoms with Crippen molar-refractivity contribution in [2.24, 2.45) is 0 Å². The van der Waals surface area contributed by atoms with Crippen molar-refractivity contribution >= 4 is 39.1 Å². The van der Waals surface area contributed by atoms with E-state index in [0.717, 1.165) is 11.8 Å². The summed E-state index contributed by atoms with van der Waals surface area (Å²) in [6.07, 6.45) is 1.46. The summed E-state index contributed by atoms with van der Waals surface area (Å²) in [6.45, 7) is 5.31. The van der Waals surface area contributed by atoms with Gasteiger partial charge in [0.15, 0.2) is 0 Å². The largest absolute Gasteiger partial charge is 0.352 e. The summed E-state index contributed by atoms with van der Waals surface area (Å²) in [6, 6.07) is 19.4. The first-order chi connectivity index (χ1) is 19.4. The van der Waals surface area contributed by atoms with Crippen LogP contribution in [0.4, 0.5) is 10.1 Å². The number of nitrogens with one attached hydrogen (secondary N) is 1. The number of amides is 2. The number of halogens is 2. The lowest BCUT2D eigenvalue weighted by atomic mass is 10.0. The molecule has 2 amide bonds. The van der Waals surface area contributed by atoms with Crippen molar-refractivity contribution in [3.05, 3.63) is 100 Å². The van der Waals surface area contributed by atoms with Gasteiger partial charge in [0.25, 0.3) is 0 Å². The molecule has 0 saturated carbocycles. The lowest BCUT2D eigenvalue weighted by Gasteiger charge is -2.32. The van der Waals surface area contributed by atoms with Crippen LogP contribution >= 0.6 is 11.6 Å². The van der Waals surface area contributed by atoms with E-state index in [9.17, 15) is 22.4 Å². The molecule has 1 atom stereocenters. The lowest BCUT2D eigenvalue weighted by Crippen LogP contribution is -2.52. The normalized spacial score (nSPS) is 12.2. The minimum atomic E-state index is -3.68. The molecule has 0 saturated heterocycles. The van der Waals surface area contributed by atoms with E-state index in [2.05, 4.69) is 5.32 Å². The molecule has 7 nitrogen and oxygen atoms in total. The summed E-state index contributed by atoms with van der Waals surface area (Å²) in [4.78, 5) is 28.7.